The van der Waals surface area contributed by atoms with Crippen LogP contribution in [0.3, 0.4) is 0 Å². The van der Waals surface area contributed by atoms with Crippen LogP contribution in [0, 0.1) is 0 Å². The number of rotatable bonds is 10. The molecular formula is C39H34Cl2N2O5S. The van der Waals surface area contributed by atoms with Crippen LogP contribution in [0.15, 0.2) is 106 Å². The molecule has 0 saturated heterocycles. The molecule has 0 radical (unpaired) electrons. The predicted octanol–water partition coefficient (Wildman–Crippen LogP) is 7.95. The van der Waals surface area contributed by atoms with Crippen molar-refractivity contribution in [1.29, 1.82) is 0 Å². The molecule has 4 aromatic carbocycles. The van der Waals surface area contributed by atoms with Crippen molar-refractivity contribution in [3.8, 4) is 11.5 Å². The molecule has 1 aliphatic heterocycles. The number of fused-ring (bicyclic) bond motifs is 1. The molecule has 0 unspecified atom stereocenters. The maximum Gasteiger partial charge on any atom is 0.338 e. The van der Waals surface area contributed by atoms with E-state index < -0.39 is 12.0 Å². The van der Waals surface area contributed by atoms with Gasteiger partial charge in [0.1, 0.15) is 6.61 Å². The Kier molecular flexibility index (Phi) is 10.4. The summed E-state index contributed by atoms with van der Waals surface area (Å²) in [6.45, 7) is 6.44. The lowest BCUT2D eigenvalue weighted by Crippen LogP contribution is -2.40. The Morgan fingerprint density at radius 1 is 1.00 bits per heavy atom. The van der Waals surface area contributed by atoms with E-state index in [-0.39, 0.29) is 18.8 Å². The van der Waals surface area contributed by atoms with E-state index in [1.165, 1.54) is 18.4 Å². The Balaban J connectivity index is 1.49. The number of carbonyl (C=O) groups is 1. The second kappa shape index (κ2) is 14.9. The van der Waals surface area contributed by atoms with Crippen LogP contribution >= 0.6 is 34.5 Å². The SMILES string of the molecule is CCOC(=O)C1=C(c2ccccc2)N=c2s/c(=C\c3cc(Cl)c(OCc4ccc(Cl)cc4)c(OC)c3)c(=O)n2[C@H]1c1ccc(C(C)C)cc1. The monoisotopic (exact) mass is 712 g/mol. The number of benzene rings is 4. The molecule has 49 heavy (non-hydrogen) atoms. The van der Waals surface area contributed by atoms with Crippen LogP contribution in [0.5, 0.6) is 11.5 Å². The molecule has 0 bridgehead atoms. The van der Waals surface area contributed by atoms with E-state index in [9.17, 15) is 9.59 Å². The molecule has 5 aromatic rings. The van der Waals surface area contributed by atoms with Gasteiger partial charge in [-0.25, -0.2) is 9.79 Å². The fourth-order valence-corrected chi connectivity index (χ4v) is 7.07. The summed E-state index contributed by atoms with van der Waals surface area (Å²) in [6.07, 6.45) is 1.75. The van der Waals surface area contributed by atoms with Crippen LogP contribution in [-0.4, -0.2) is 24.3 Å². The fraction of sp³-hybridized carbons (Fsp3) is 0.205. The van der Waals surface area contributed by atoms with Crippen molar-refractivity contribution < 1.29 is 19.0 Å². The van der Waals surface area contributed by atoms with Gasteiger partial charge in [-0.3, -0.25) is 9.36 Å². The van der Waals surface area contributed by atoms with Crippen LogP contribution < -0.4 is 24.4 Å². The van der Waals surface area contributed by atoms with Gasteiger partial charge in [0, 0.05) is 10.6 Å². The first-order valence-electron chi connectivity index (χ1n) is 15.8. The van der Waals surface area contributed by atoms with Crippen molar-refractivity contribution in [1.82, 2.24) is 4.57 Å². The number of aromatic nitrogens is 1. The number of hydrogen-bond donors (Lipinski definition) is 0. The number of hydrogen-bond acceptors (Lipinski definition) is 7. The summed E-state index contributed by atoms with van der Waals surface area (Å²) in [5, 5.41) is 0.962. The smallest absolute Gasteiger partial charge is 0.338 e. The maximum absolute atomic E-state index is 14.3. The molecule has 0 spiro atoms. The van der Waals surface area contributed by atoms with Gasteiger partial charge in [-0.1, -0.05) is 115 Å². The zero-order valence-corrected chi connectivity index (χ0v) is 29.7. The highest BCUT2D eigenvalue weighted by Gasteiger charge is 2.35. The fourth-order valence-electron chi connectivity index (χ4n) is 5.67. The van der Waals surface area contributed by atoms with Crippen LogP contribution in [0.2, 0.25) is 10.0 Å². The van der Waals surface area contributed by atoms with Gasteiger partial charge in [0.05, 0.1) is 40.6 Å². The van der Waals surface area contributed by atoms with Gasteiger partial charge in [0.2, 0.25) is 0 Å². The molecule has 0 fully saturated rings. The normalized spacial score (nSPS) is 14.4. The first kappa shape index (κ1) is 34.2. The number of halogens is 2. The van der Waals surface area contributed by atoms with Crippen molar-refractivity contribution in [2.45, 2.75) is 39.3 Å². The van der Waals surface area contributed by atoms with Crippen LogP contribution in [0.1, 0.15) is 60.5 Å². The summed E-state index contributed by atoms with van der Waals surface area (Å²) >= 11 is 14.0. The predicted molar refractivity (Wildman–Crippen MR) is 195 cm³/mol. The summed E-state index contributed by atoms with van der Waals surface area (Å²) in [5.74, 6) is 0.589. The number of ether oxygens (including phenoxy) is 3. The highest BCUT2D eigenvalue weighted by Crippen LogP contribution is 2.38. The van der Waals surface area contributed by atoms with Crippen molar-refractivity contribution in [2.24, 2.45) is 4.99 Å². The molecule has 1 atom stereocenters. The number of methoxy groups -OCH3 is 1. The zero-order valence-electron chi connectivity index (χ0n) is 27.4. The summed E-state index contributed by atoms with van der Waals surface area (Å²) in [5.41, 5.74) is 4.69. The molecule has 1 aliphatic rings. The standard InChI is InChI=1S/C39H34Cl2N2O5S/c1-5-47-38(45)33-34(27-9-7-6-8-10-27)42-39-43(35(33)28-15-13-26(14-16-28)23(2)3)37(44)32(49-39)21-25-19-30(41)36(31(20-25)46-4)48-22-24-11-17-29(40)18-12-24/h6-21,23,35H,5,22H2,1-4H3/b32-21-/t35-/m0/s1. The molecule has 0 amide bonds. The third kappa shape index (κ3) is 7.22. The van der Waals surface area contributed by atoms with E-state index >= 15 is 0 Å². The van der Waals surface area contributed by atoms with Gasteiger partial charge >= 0.3 is 5.97 Å². The second-order valence-corrected chi connectivity index (χ2v) is 13.6. The lowest BCUT2D eigenvalue weighted by atomic mass is 9.91. The van der Waals surface area contributed by atoms with Gasteiger partial charge in [-0.2, -0.15) is 0 Å². The van der Waals surface area contributed by atoms with E-state index in [1.54, 1.807) is 41.8 Å². The highest BCUT2D eigenvalue weighted by molar-refractivity contribution is 7.07. The van der Waals surface area contributed by atoms with Gasteiger partial charge in [-0.15, -0.1) is 0 Å². The molecule has 7 nitrogen and oxygen atoms in total. The number of nitrogens with zero attached hydrogens (tertiary/aromatic N) is 2. The zero-order chi connectivity index (χ0) is 34.7. The molecular weight excluding hydrogens is 679 g/mol. The average Bonchev–Trinajstić information content (AvgIpc) is 3.41. The van der Waals surface area contributed by atoms with Gasteiger partial charge < -0.3 is 14.2 Å². The van der Waals surface area contributed by atoms with E-state index in [0.717, 1.165) is 22.3 Å². The third-order valence-electron chi connectivity index (χ3n) is 8.14. The molecule has 0 N–H and O–H groups in total. The third-order valence-corrected chi connectivity index (χ3v) is 9.65. The largest absolute Gasteiger partial charge is 0.493 e. The van der Waals surface area contributed by atoms with E-state index in [2.05, 4.69) is 13.8 Å². The number of thiazole rings is 1. The first-order chi connectivity index (χ1) is 23.7. The van der Waals surface area contributed by atoms with Gasteiger partial charge in [-0.05, 0) is 65.4 Å². The molecule has 6 rings (SSSR count). The maximum atomic E-state index is 14.3. The minimum atomic E-state index is -0.768. The van der Waals surface area contributed by atoms with Crippen molar-refractivity contribution in [2.75, 3.05) is 13.7 Å². The van der Waals surface area contributed by atoms with Crippen molar-refractivity contribution >= 4 is 52.3 Å². The highest BCUT2D eigenvalue weighted by atomic mass is 35.5. The Bertz CT molecular complexity index is 2210. The topological polar surface area (TPSA) is 79.1 Å². The lowest BCUT2D eigenvalue weighted by molar-refractivity contribution is -0.138. The minimum absolute atomic E-state index is 0.176. The molecule has 0 aliphatic carbocycles. The number of esters is 1. The summed E-state index contributed by atoms with van der Waals surface area (Å²) < 4.78 is 19.3. The molecule has 1 aromatic heterocycles. The van der Waals surface area contributed by atoms with Crippen LogP contribution in [0.4, 0.5) is 0 Å². The summed E-state index contributed by atoms with van der Waals surface area (Å²) in [4.78, 5) is 33.5. The molecule has 2 heterocycles. The summed E-state index contributed by atoms with van der Waals surface area (Å²) in [6, 6.07) is 27.5. The van der Waals surface area contributed by atoms with E-state index in [4.69, 9.17) is 42.4 Å². The Hall–Kier alpha value is -4.63. The van der Waals surface area contributed by atoms with E-state index in [1.807, 2.05) is 66.7 Å². The Labute approximate surface area is 298 Å². The van der Waals surface area contributed by atoms with Crippen molar-refractivity contribution in [3.05, 3.63) is 154 Å². The number of carbonyl (C=O) groups excluding carboxylic acids is 1. The Morgan fingerprint density at radius 2 is 1.71 bits per heavy atom. The second-order valence-electron chi connectivity index (χ2n) is 11.7. The van der Waals surface area contributed by atoms with Gasteiger partial charge in [0.25, 0.3) is 5.56 Å². The average molecular weight is 714 g/mol. The first-order valence-corrected chi connectivity index (χ1v) is 17.4. The quantitative estimate of drug-likeness (QED) is 0.137. The summed E-state index contributed by atoms with van der Waals surface area (Å²) in [7, 11) is 1.53. The van der Waals surface area contributed by atoms with Crippen LogP contribution in [-0.2, 0) is 16.1 Å². The minimum Gasteiger partial charge on any atom is -0.493 e. The van der Waals surface area contributed by atoms with E-state index in [0.29, 0.717) is 53.6 Å². The molecule has 250 valence electrons. The molecule has 10 heteroatoms. The molecule has 0 saturated carbocycles. The van der Waals surface area contributed by atoms with Crippen LogP contribution in [0.25, 0.3) is 11.8 Å². The lowest BCUT2D eigenvalue weighted by Gasteiger charge is -2.26. The van der Waals surface area contributed by atoms with Gasteiger partial charge in [0.15, 0.2) is 16.3 Å². The van der Waals surface area contributed by atoms with Crippen molar-refractivity contribution in [3.63, 3.8) is 0 Å². The Morgan fingerprint density at radius 3 is 2.37 bits per heavy atom.